The number of ether oxygens (including phenoxy) is 2. The van der Waals surface area contributed by atoms with Crippen LogP contribution in [-0.2, 0) is 20.4 Å². The first-order valence-corrected chi connectivity index (χ1v) is 14.4. The van der Waals surface area contributed by atoms with E-state index < -0.39 is 20.5 Å². The summed E-state index contributed by atoms with van der Waals surface area (Å²) in [6.45, 7) is 13.1. The Balaban J connectivity index is 1.62. The summed E-state index contributed by atoms with van der Waals surface area (Å²) in [5.74, 6) is 0.896. The molecule has 3 heterocycles. The molecule has 0 unspecified atom stereocenters. The van der Waals surface area contributed by atoms with Crippen LogP contribution in [0, 0.1) is 0 Å². The normalized spacial score (nSPS) is 21.1. The van der Waals surface area contributed by atoms with Crippen LogP contribution in [0.15, 0.2) is 39.5 Å². The van der Waals surface area contributed by atoms with Crippen molar-refractivity contribution in [3.63, 3.8) is 0 Å². The van der Waals surface area contributed by atoms with E-state index in [1.807, 2.05) is 31.2 Å². The molecule has 3 atom stereocenters. The molecule has 5 rings (SSSR count). The van der Waals surface area contributed by atoms with Gasteiger partial charge in [0.1, 0.15) is 17.1 Å². The Labute approximate surface area is 194 Å². The molecule has 0 N–H and O–H groups in total. The highest BCUT2D eigenvalue weighted by Crippen LogP contribution is 2.50. The van der Waals surface area contributed by atoms with Crippen LogP contribution in [0.5, 0.6) is 5.75 Å². The zero-order valence-corrected chi connectivity index (χ0v) is 21.0. The number of carbonyl (C=O) groups is 1. The number of carbonyl (C=O) groups excluding carboxylic acids is 1. The van der Waals surface area contributed by atoms with E-state index in [1.54, 1.807) is 6.07 Å². The second-order valence-electron chi connectivity index (χ2n) is 10.7. The average Bonchev–Trinajstić information content (AvgIpc) is 3.23. The lowest BCUT2D eigenvalue weighted by Gasteiger charge is -2.38. The molecular formula is C26H30O6Si. The highest BCUT2D eigenvalue weighted by atomic mass is 28.4. The summed E-state index contributed by atoms with van der Waals surface area (Å²) in [5, 5.41) is 2.20. The van der Waals surface area contributed by atoms with E-state index >= 15 is 0 Å². The number of hydrogen-bond acceptors (Lipinski definition) is 6. The Morgan fingerprint density at radius 1 is 1.12 bits per heavy atom. The van der Waals surface area contributed by atoms with Crippen LogP contribution in [0.3, 0.4) is 0 Å². The first-order chi connectivity index (χ1) is 15.5. The minimum absolute atomic E-state index is 0.0873. The van der Waals surface area contributed by atoms with E-state index in [2.05, 4.69) is 33.9 Å². The van der Waals surface area contributed by atoms with Gasteiger partial charge in [0, 0.05) is 29.4 Å². The van der Waals surface area contributed by atoms with E-state index in [0.717, 1.165) is 10.8 Å². The molecule has 0 saturated carbocycles. The van der Waals surface area contributed by atoms with Gasteiger partial charge < -0.3 is 18.3 Å². The van der Waals surface area contributed by atoms with Gasteiger partial charge in [-0.2, -0.15) is 0 Å². The van der Waals surface area contributed by atoms with Crippen molar-refractivity contribution in [2.45, 2.75) is 77.0 Å². The Kier molecular flexibility index (Phi) is 4.99. The largest absolute Gasteiger partial charge is 0.484 e. The highest BCUT2D eigenvalue weighted by Gasteiger charge is 2.47. The number of rotatable bonds is 4. The molecule has 0 bridgehead atoms. The molecule has 2 aliphatic heterocycles. The van der Waals surface area contributed by atoms with Crippen molar-refractivity contribution in [1.82, 2.24) is 0 Å². The Morgan fingerprint density at radius 2 is 1.82 bits per heavy atom. The van der Waals surface area contributed by atoms with Crippen molar-refractivity contribution in [1.29, 1.82) is 0 Å². The summed E-state index contributed by atoms with van der Waals surface area (Å²) in [5.41, 5.74) is 0.990. The van der Waals surface area contributed by atoms with Crippen molar-refractivity contribution in [2.24, 2.45) is 0 Å². The summed E-state index contributed by atoms with van der Waals surface area (Å²) in [4.78, 5) is 25.3. The van der Waals surface area contributed by atoms with Gasteiger partial charge in [0.05, 0.1) is 17.4 Å². The zero-order chi connectivity index (χ0) is 23.7. The quantitative estimate of drug-likeness (QED) is 0.281. The standard InChI is InChI=1S/C26H30O6Si/c1-14(32-33(5,6)26(2,3)4)11-15-12-18(27)21-22-24(30-19-13-20(28)31-25(19)22)17-10-8-7-9-16(17)23(21)29-15/h7-10,12,14,19,25H,11,13H2,1-6H3/t14-,19+,25-/m0/s1. The molecule has 7 heteroatoms. The first-order valence-electron chi connectivity index (χ1n) is 11.5. The summed E-state index contributed by atoms with van der Waals surface area (Å²) < 4.78 is 24.5. The summed E-state index contributed by atoms with van der Waals surface area (Å²) >= 11 is 0. The van der Waals surface area contributed by atoms with E-state index in [-0.39, 0.29) is 29.0 Å². The fraction of sp³-hybridized carbons (Fsp3) is 0.462. The van der Waals surface area contributed by atoms with Gasteiger partial charge in [0.2, 0.25) is 0 Å². The molecule has 6 nitrogen and oxygen atoms in total. The molecule has 0 amide bonds. The van der Waals surface area contributed by atoms with E-state index in [0.29, 0.717) is 34.5 Å². The molecular weight excluding hydrogens is 436 g/mol. The molecule has 0 spiro atoms. The minimum atomic E-state index is -1.95. The number of fused-ring (bicyclic) bond motifs is 8. The van der Waals surface area contributed by atoms with E-state index in [9.17, 15) is 9.59 Å². The van der Waals surface area contributed by atoms with Gasteiger partial charge >= 0.3 is 5.97 Å². The zero-order valence-electron chi connectivity index (χ0n) is 20.0. The number of esters is 1. The smallest absolute Gasteiger partial charge is 0.310 e. The lowest BCUT2D eigenvalue weighted by atomic mass is 9.96. The average molecular weight is 467 g/mol. The topological polar surface area (TPSA) is 75.0 Å². The van der Waals surface area contributed by atoms with Gasteiger partial charge in [-0.15, -0.1) is 0 Å². The Morgan fingerprint density at radius 3 is 2.52 bits per heavy atom. The van der Waals surface area contributed by atoms with Gasteiger partial charge in [-0.05, 0) is 25.1 Å². The fourth-order valence-corrected chi connectivity index (χ4v) is 6.11. The van der Waals surface area contributed by atoms with Crippen LogP contribution in [-0.4, -0.2) is 26.5 Å². The first kappa shape index (κ1) is 22.2. The lowest BCUT2D eigenvalue weighted by molar-refractivity contribution is -0.141. The maximum Gasteiger partial charge on any atom is 0.310 e. The monoisotopic (exact) mass is 466 g/mol. The second-order valence-corrected chi connectivity index (χ2v) is 15.5. The van der Waals surface area contributed by atoms with Gasteiger partial charge in [-0.1, -0.05) is 45.0 Å². The van der Waals surface area contributed by atoms with Gasteiger partial charge in [-0.25, -0.2) is 0 Å². The van der Waals surface area contributed by atoms with Crippen molar-refractivity contribution >= 4 is 36.0 Å². The van der Waals surface area contributed by atoms with Crippen LogP contribution in [0.2, 0.25) is 18.1 Å². The Bertz CT molecular complexity index is 1330. The van der Waals surface area contributed by atoms with Gasteiger partial charge in [0.25, 0.3) is 0 Å². The molecule has 1 fully saturated rings. The van der Waals surface area contributed by atoms with E-state index in [4.69, 9.17) is 18.3 Å². The van der Waals surface area contributed by atoms with Crippen LogP contribution in [0.25, 0.3) is 21.7 Å². The van der Waals surface area contributed by atoms with Crippen LogP contribution in [0.1, 0.15) is 51.5 Å². The predicted octanol–water partition coefficient (Wildman–Crippen LogP) is 5.65. The van der Waals surface area contributed by atoms with Crippen LogP contribution < -0.4 is 10.2 Å². The molecule has 3 aromatic rings. The molecule has 0 aliphatic carbocycles. The van der Waals surface area contributed by atoms with Crippen molar-refractivity contribution < 1.29 is 23.1 Å². The van der Waals surface area contributed by atoms with Crippen LogP contribution in [0.4, 0.5) is 0 Å². The third-order valence-electron chi connectivity index (χ3n) is 7.24. The van der Waals surface area contributed by atoms with Crippen molar-refractivity contribution in [3.05, 3.63) is 51.9 Å². The third kappa shape index (κ3) is 3.58. The summed E-state index contributed by atoms with van der Waals surface area (Å²) in [7, 11) is -1.95. The molecule has 2 aliphatic rings. The Hall–Kier alpha value is -2.64. The third-order valence-corrected chi connectivity index (χ3v) is 11.8. The van der Waals surface area contributed by atoms with Crippen LogP contribution >= 0.6 is 0 Å². The minimum Gasteiger partial charge on any atom is -0.484 e. The maximum absolute atomic E-state index is 13.4. The molecule has 33 heavy (non-hydrogen) atoms. The molecule has 174 valence electrons. The van der Waals surface area contributed by atoms with Crippen molar-refractivity contribution in [2.75, 3.05) is 0 Å². The summed E-state index contributed by atoms with van der Waals surface area (Å²) in [6.07, 6.45) is -0.384. The molecule has 1 saturated heterocycles. The SMILES string of the molecule is C[C@@H](Cc1cc(=O)c2c3c(c4ccccc4c2o1)O[C@@H]1CC(=O)O[C@H]31)O[Si](C)(C)C(C)(C)C. The fourth-order valence-electron chi connectivity index (χ4n) is 4.66. The molecule has 1 aromatic heterocycles. The molecule has 0 radical (unpaired) electrons. The predicted molar refractivity (Wildman–Crippen MR) is 129 cm³/mol. The van der Waals surface area contributed by atoms with Gasteiger partial charge in [-0.3, -0.25) is 9.59 Å². The molecule has 2 aromatic carbocycles. The number of hydrogen-bond donors (Lipinski definition) is 0. The highest BCUT2D eigenvalue weighted by molar-refractivity contribution is 6.74. The number of benzene rings is 2. The van der Waals surface area contributed by atoms with E-state index in [1.165, 1.54) is 0 Å². The maximum atomic E-state index is 13.4. The second kappa shape index (κ2) is 7.43. The lowest BCUT2D eigenvalue weighted by Crippen LogP contribution is -2.43. The van der Waals surface area contributed by atoms with Gasteiger partial charge in [0.15, 0.2) is 26.0 Å². The van der Waals surface area contributed by atoms with Crippen molar-refractivity contribution in [3.8, 4) is 5.75 Å². The summed E-state index contributed by atoms with van der Waals surface area (Å²) in [6, 6.07) is 9.28.